The van der Waals surface area contributed by atoms with Gasteiger partial charge in [0, 0.05) is 46.3 Å². The van der Waals surface area contributed by atoms with E-state index in [1.165, 1.54) is 15.7 Å². The summed E-state index contributed by atoms with van der Waals surface area (Å²) in [6, 6.07) is 8.66. The molecule has 2 aromatic heterocycles. The number of imidazole rings is 1. The minimum atomic E-state index is -0.426. The van der Waals surface area contributed by atoms with E-state index >= 15 is 0 Å². The molecule has 1 aliphatic heterocycles. The number of hydrogen-bond acceptors (Lipinski definition) is 5. The number of aromatic nitrogens is 4. The Morgan fingerprint density at radius 1 is 1.10 bits per heavy atom. The van der Waals surface area contributed by atoms with E-state index in [1.54, 1.807) is 7.05 Å². The smallest absolute Gasteiger partial charge is 0.329 e. The minimum absolute atomic E-state index is 0.355. The van der Waals surface area contributed by atoms with Gasteiger partial charge in [-0.05, 0) is 18.9 Å². The van der Waals surface area contributed by atoms with Gasteiger partial charge in [-0.3, -0.25) is 19.2 Å². The summed E-state index contributed by atoms with van der Waals surface area (Å²) in [4.78, 5) is 36.6. The van der Waals surface area contributed by atoms with Crippen LogP contribution in [0.4, 0.5) is 5.95 Å². The van der Waals surface area contributed by atoms with Crippen molar-refractivity contribution in [3.8, 4) is 0 Å². The van der Waals surface area contributed by atoms with Crippen molar-refractivity contribution in [2.24, 2.45) is 7.05 Å². The predicted molar refractivity (Wildman–Crippen MR) is 124 cm³/mol. The van der Waals surface area contributed by atoms with Gasteiger partial charge in [-0.15, -0.1) is 0 Å². The second-order valence-electron chi connectivity index (χ2n) is 8.51. The van der Waals surface area contributed by atoms with Gasteiger partial charge in [0.25, 0.3) is 5.56 Å². The van der Waals surface area contributed by atoms with Gasteiger partial charge >= 0.3 is 5.69 Å². The highest BCUT2D eigenvalue weighted by molar-refractivity contribution is 5.74. The summed E-state index contributed by atoms with van der Waals surface area (Å²) in [6.07, 6.45) is 3.17. The first-order valence-electron chi connectivity index (χ1n) is 11.2. The average molecular weight is 425 g/mol. The van der Waals surface area contributed by atoms with E-state index in [-0.39, 0.29) is 5.56 Å². The molecule has 0 spiro atoms. The predicted octanol–water partition coefficient (Wildman–Crippen LogP) is 2.24. The Bertz CT molecular complexity index is 1170. The highest BCUT2D eigenvalue weighted by atomic mass is 16.2. The molecule has 1 aromatic carbocycles. The highest BCUT2D eigenvalue weighted by Crippen LogP contribution is 2.22. The number of benzene rings is 1. The first-order valence-corrected chi connectivity index (χ1v) is 11.2. The normalized spacial score (nSPS) is 15.1. The number of nitrogens with one attached hydrogen (secondary N) is 1. The minimum Gasteiger partial charge on any atom is -0.340 e. The van der Waals surface area contributed by atoms with E-state index in [9.17, 15) is 9.59 Å². The topological polar surface area (TPSA) is 79.2 Å². The lowest BCUT2D eigenvalue weighted by atomic mass is 10.1. The van der Waals surface area contributed by atoms with Crippen LogP contribution in [0.1, 0.15) is 37.3 Å². The van der Waals surface area contributed by atoms with Crippen LogP contribution in [0.25, 0.3) is 11.2 Å². The Labute approximate surface area is 182 Å². The lowest BCUT2D eigenvalue weighted by molar-refractivity contribution is 0.248. The molecular formula is C23H32N6O2. The molecule has 0 amide bonds. The monoisotopic (exact) mass is 424 g/mol. The van der Waals surface area contributed by atoms with E-state index in [2.05, 4.69) is 52.9 Å². The molecular weight excluding hydrogens is 392 g/mol. The van der Waals surface area contributed by atoms with Gasteiger partial charge in [-0.2, -0.15) is 4.98 Å². The maximum Gasteiger partial charge on any atom is 0.329 e. The molecule has 1 saturated heterocycles. The van der Waals surface area contributed by atoms with Crippen LogP contribution in [0.3, 0.4) is 0 Å². The first-order chi connectivity index (χ1) is 15.0. The van der Waals surface area contributed by atoms with Crippen LogP contribution in [0, 0.1) is 6.92 Å². The fourth-order valence-corrected chi connectivity index (χ4v) is 4.37. The second-order valence-corrected chi connectivity index (χ2v) is 8.51. The van der Waals surface area contributed by atoms with Gasteiger partial charge in [-0.1, -0.05) is 49.6 Å². The van der Waals surface area contributed by atoms with Gasteiger partial charge in [-0.25, -0.2) is 4.79 Å². The second kappa shape index (κ2) is 9.09. The van der Waals surface area contributed by atoms with Crippen molar-refractivity contribution in [3.05, 3.63) is 56.2 Å². The number of aryl methyl sites for hydroxylation is 3. The summed E-state index contributed by atoms with van der Waals surface area (Å²) in [5.74, 6) is 0.799. The van der Waals surface area contributed by atoms with E-state index in [1.807, 2.05) is 4.57 Å². The van der Waals surface area contributed by atoms with Crippen LogP contribution in [-0.4, -0.2) is 50.2 Å². The summed E-state index contributed by atoms with van der Waals surface area (Å²) < 4.78 is 3.45. The quantitative estimate of drug-likeness (QED) is 0.589. The molecule has 0 aliphatic carbocycles. The van der Waals surface area contributed by atoms with Crippen molar-refractivity contribution in [1.29, 1.82) is 0 Å². The SMILES string of the molecule is CCCCCn1c(N2CCN(Cc3cccc(C)c3)CC2)nc2c1c(=O)[nH]c(=O)n2C. The molecule has 8 nitrogen and oxygen atoms in total. The van der Waals surface area contributed by atoms with Crippen LogP contribution in [0.15, 0.2) is 33.9 Å². The number of rotatable bonds is 7. The fourth-order valence-electron chi connectivity index (χ4n) is 4.37. The number of aromatic amines is 1. The summed E-state index contributed by atoms with van der Waals surface area (Å²) in [5, 5.41) is 0. The maximum atomic E-state index is 12.6. The molecule has 0 unspecified atom stereocenters. The van der Waals surface area contributed by atoms with Gasteiger partial charge in [0.05, 0.1) is 0 Å². The fraction of sp³-hybridized carbons (Fsp3) is 0.522. The van der Waals surface area contributed by atoms with Crippen LogP contribution in [0.5, 0.6) is 0 Å². The van der Waals surface area contributed by atoms with E-state index in [4.69, 9.17) is 4.98 Å². The molecule has 3 aromatic rings. The number of hydrogen-bond donors (Lipinski definition) is 1. The van der Waals surface area contributed by atoms with Gasteiger partial charge in [0.1, 0.15) is 0 Å². The molecule has 0 radical (unpaired) electrons. The molecule has 1 aliphatic rings. The molecule has 1 fully saturated rings. The van der Waals surface area contributed by atoms with Crippen LogP contribution in [0.2, 0.25) is 0 Å². The first kappa shape index (κ1) is 21.4. The van der Waals surface area contributed by atoms with Crippen molar-refractivity contribution >= 4 is 17.1 Å². The summed E-state index contributed by atoms with van der Waals surface area (Å²) in [7, 11) is 1.66. The third kappa shape index (κ3) is 4.44. The van der Waals surface area contributed by atoms with E-state index in [0.29, 0.717) is 11.2 Å². The summed E-state index contributed by atoms with van der Waals surface area (Å²) >= 11 is 0. The Morgan fingerprint density at radius 3 is 2.58 bits per heavy atom. The Hall–Kier alpha value is -2.87. The zero-order chi connectivity index (χ0) is 22.0. The van der Waals surface area contributed by atoms with Crippen molar-refractivity contribution in [2.45, 2.75) is 46.2 Å². The van der Waals surface area contributed by atoms with Gasteiger partial charge in [0.2, 0.25) is 5.95 Å². The standard InChI is InChI=1S/C23H32N6O2/c1-4-5-6-10-29-19-20(26(3)23(31)25-21(19)30)24-22(29)28-13-11-27(12-14-28)16-18-9-7-8-17(2)15-18/h7-9,15H,4-6,10-14,16H2,1-3H3,(H,25,30,31). The number of anilines is 1. The molecule has 0 bridgehead atoms. The van der Waals surface area contributed by atoms with Crippen molar-refractivity contribution in [3.63, 3.8) is 0 Å². The van der Waals surface area contributed by atoms with Crippen molar-refractivity contribution in [1.82, 2.24) is 24.0 Å². The van der Waals surface area contributed by atoms with Crippen molar-refractivity contribution < 1.29 is 0 Å². The lowest BCUT2D eigenvalue weighted by Gasteiger charge is -2.35. The van der Waals surface area contributed by atoms with Crippen LogP contribution < -0.4 is 16.1 Å². The molecule has 0 atom stereocenters. The molecule has 1 N–H and O–H groups in total. The van der Waals surface area contributed by atoms with E-state index < -0.39 is 5.69 Å². The van der Waals surface area contributed by atoms with Crippen LogP contribution in [-0.2, 0) is 20.1 Å². The molecule has 8 heteroatoms. The number of nitrogens with zero attached hydrogens (tertiary/aromatic N) is 5. The highest BCUT2D eigenvalue weighted by Gasteiger charge is 2.24. The summed E-state index contributed by atoms with van der Waals surface area (Å²) in [5.41, 5.74) is 2.80. The zero-order valence-electron chi connectivity index (χ0n) is 18.7. The Morgan fingerprint density at radius 2 is 1.87 bits per heavy atom. The molecule has 4 rings (SSSR count). The zero-order valence-corrected chi connectivity index (χ0v) is 18.7. The summed E-state index contributed by atoms with van der Waals surface area (Å²) in [6.45, 7) is 9.50. The van der Waals surface area contributed by atoms with Gasteiger partial charge in [0.15, 0.2) is 11.2 Å². The average Bonchev–Trinajstić information content (AvgIpc) is 3.13. The molecule has 166 valence electrons. The Balaban J connectivity index is 1.58. The largest absolute Gasteiger partial charge is 0.340 e. The van der Waals surface area contributed by atoms with E-state index in [0.717, 1.165) is 64.5 Å². The third-order valence-corrected chi connectivity index (χ3v) is 6.12. The maximum absolute atomic E-state index is 12.6. The third-order valence-electron chi connectivity index (χ3n) is 6.12. The van der Waals surface area contributed by atoms with Crippen molar-refractivity contribution in [2.75, 3.05) is 31.1 Å². The molecule has 3 heterocycles. The number of piperazine rings is 1. The molecule has 31 heavy (non-hydrogen) atoms. The number of H-pyrrole nitrogens is 1. The molecule has 0 saturated carbocycles. The van der Waals surface area contributed by atoms with Gasteiger partial charge < -0.3 is 9.47 Å². The van der Waals surface area contributed by atoms with Crippen LogP contribution >= 0.6 is 0 Å². The lowest BCUT2D eigenvalue weighted by Crippen LogP contribution is -2.46. The Kier molecular flexibility index (Phi) is 6.27. The number of unbranched alkanes of at least 4 members (excludes halogenated alkanes) is 2. The number of fused-ring (bicyclic) bond motifs is 1.